The van der Waals surface area contributed by atoms with Gasteiger partial charge in [0.25, 0.3) is 0 Å². The van der Waals surface area contributed by atoms with Crippen LogP contribution in [0.25, 0.3) is 0 Å². The van der Waals surface area contributed by atoms with E-state index in [1.165, 1.54) is 4.88 Å². The Hall–Kier alpha value is -0.0500. The van der Waals surface area contributed by atoms with Gasteiger partial charge in [-0.05, 0) is 19.1 Å². The molecule has 0 amide bonds. The second kappa shape index (κ2) is 3.96. The lowest BCUT2D eigenvalue weighted by Gasteiger charge is -1.91. The predicted molar refractivity (Wildman–Crippen MR) is 45.5 cm³/mol. The number of halogens is 1. The molecule has 56 valence electrons. The monoisotopic (exact) mass is 176 g/mol. The van der Waals surface area contributed by atoms with E-state index in [0.717, 1.165) is 17.4 Å². The summed E-state index contributed by atoms with van der Waals surface area (Å²) < 4.78 is 0.888. The summed E-state index contributed by atoms with van der Waals surface area (Å²) in [5.74, 6) is 0. The van der Waals surface area contributed by atoms with Crippen molar-refractivity contribution in [2.24, 2.45) is 0 Å². The van der Waals surface area contributed by atoms with Crippen molar-refractivity contribution in [2.45, 2.75) is 13.5 Å². The Morgan fingerprint density at radius 2 is 2.40 bits per heavy atom. The first-order valence-electron chi connectivity index (χ1n) is 3.39. The minimum atomic E-state index is 0.888. The zero-order valence-electron chi connectivity index (χ0n) is 5.93. The van der Waals surface area contributed by atoms with Crippen molar-refractivity contribution < 1.29 is 5.32 Å². The van der Waals surface area contributed by atoms with Gasteiger partial charge in [-0.3, -0.25) is 0 Å². The molecule has 0 aliphatic rings. The van der Waals surface area contributed by atoms with E-state index in [1.54, 1.807) is 11.3 Å². The minimum absolute atomic E-state index is 0.888. The molecule has 0 fully saturated rings. The van der Waals surface area contributed by atoms with E-state index >= 15 is 0 Å². The smallest absolute Gasteiger partial charge is 0.111 e. The first-order chi connectivity index (χ1) is 4.83. The van der Waals surface area contributed by atoms with Gasteiger partial charge in [0.2, 0.25) is 0 Å². The zero-order chi connectivity index (χ0) is 7.40. The van der Waals surface area contributed by atoms with Crippen LogP contribution in [0, 0.1) is 0 Å². The molecule has 0 saturated carbocycles. The Morgan fingerprint density at radius 1 is 1.60 bits per heavy atom. The van der Waals surface area contributed by atoms with Crippen molar-refractivity contribution >= 4 is 22.9 Å². The van der Waals surface area contributed by atoms with Crippen LogP contribution in [0.5, 0.6) is 0 Å². The van der Waals surface area contributed by atoms with Crippen LogP contribution in [0.1, 0.15) is 11.8 Å². The van der Waals surface area contributed by atoms with Crippen LogP contribution in [-0.4, -0.2) is 6.54 Å². The molecule has 0 saturated heterocycles. The molecule has 1 aromatic rings. The maximum atomic E-state index is 5.74. The Labute approximate surface area is 70.0 Å². The van der Waals surface area contributed by atoms with Crippen molar-refractivity contribution in [3.8, 4) is 0 Å². The Kier molecular flexibility index (Phi) is 3.19. The van der Waals surface area contributed by atoms with E-state index in [2.05, 4.69) is 18.3 Å². The van der Waals surface area contributed by atoms with Gasteiger partial charge >= 0.3 is 0 Å². The fourth-order valence-corrected chi connectivity index (χ4v) is 1.83. The normalized spacial score (nSPS) is 10.2. The van der Waals surface area contributed by atoms with Gasteiger partial charge in [-0.1, -0.05) is 11.6 Å². The van der Waals surface area contributed by atoms with E-state index in [-0.39, 0.29) is 0 Å². The molecule has 10 heavy (non-hydrogen) atoms. The van der Waals surface area contributed by atoms with Crippen LogP contribution < -0.4 is 5.32 Å². The summed E-state index contributed by atoms with van der Waals surface area (Å²) in [5.41, 5.74) is 0. The third-order valence-electron chi connectivity index (χ3n) is 1.26. The maximum absolute atomic E-state index is 5.74. The molecule has 0 aromatic carbocycles. The average Bonchev–Trinajstić information content (AvgIpc) is 2.31. The first kappa shape index (κ1) is 8.05. The van der Waals surface area contributed by atoms with E-state index in [0.29, 0.717) is 0 Å². The molecule has 0 radical (unpaired) electrons. The summed E-state index contributed by atoms with van der Waals surface area (Å²) in [5, 5.41) is 2.25. The van der Waals surface area contributed by atoms with Crippen LogP contribution in [0.4, 0.5) is 0 Å². The summed E-state index contributed by atoms with van der Waals surface area (Å²) >= 11 is 7.41. The number of hydrogen-bond donors (Lipinski definition) is 1. The third-order valence-corrected chi connectivity index (χ3v) is 2.52. The molecule has 0 aliphatic carbocycles. The molecule has 1 nitrogen and oxygen atoms in total. The standard InChI is InChI=1S/C7H10ClNS/c1-2-9-5-6-3-4-7(8)10-6/h3-4,9H,2,5H2,1H3/p+1. The Bertz CT molecular complexity index is 197. The molecule has 1 rings (SSSR count). The molecule has 0 bridgehead atoms. The second-order valence-corrected chi connectivity index (χ2v) is 3.91. The molecule has 1 heterocycles. The zero-order valence-corrected chi connectivity index (χ0v) is 7.50. The van der Waals surface area contributed by atoms with Crippen molar-refractivity contribution in [3.63, 3.8) is 0 Å². The van der Waals surface area contributed by atoms with Crippen molar-refractivity contribution in [3.05, 3.63) is 21.3 Å². The van der Waals surface area contributed by atoms with Gasteiger partial charge in [0, 0.05) is 0 Å². The molecule has 0 aliphatic heterocycles. The van der Waals surface area contributed by atoms with Gasteiger partial charge < -0.3 is 5.32 Å². The Morgan fingerprint density at radius 3 is 2.90 bits per heavy atom. The highest BCUT2D eigenvalue weighted by atomic mass is 35.5. The lowest BCUT2D eigenvalue weighted by Crippen LogP contribution is -2.81. The topological polar surface area (TPSA) is 16.6 Å². The lowest BCUT2D eigenvalue weighted by atomic mass is 10.4. The molecular weight excluding hydrogens is 166 g/mol. The van der Waals surface area contributed by atoms with Crippen LogP contribution in [0.3, 0.4) is 0 Å². The summed E-state index contributed by atoms with van der Waals surface area (Å²) in [6.45, 7) is 4.35. The number of quaternary nitrogens is 1. The van der Waals surface area contributed by atoms with Gasteiger partial charge in [-0.15, -0.1) is 11.3 Å². The molecule has 2 N–H and O–H groups in total. The average molecular weight is 177 g/mol. The van der Waals surface area contributed by atoms with E-state index in [4.69, 9.17) is 11.6 Å². The quantitative estimate of drug-likeness (QED) is 0.719. The summed E-state index contributed by atoms with van der Waals surface area (Å²) in [4.78, 5) is 1.35. The number of rotatable bonds is 3. The fourth-order valence-electron chi connectivity index (χ4n) is 0.748. The number of hydrogen-bond acceptors (Lipinski definition) is 1. The van der Waals surface area contributed by atoms with Gasteiger partial charge in [-0.2, -0.15) is 0 Å². The highest BCUT2D eigenvalue weighted by Crippen LogP contribution is 2.20. The van der Waals surface area contributed by atoms with Gasteiger partial charge in [0.05, 0.1) is 15.8 Å². The largest absolute Gasteiger partial charge is 0.342 e. The van der Waals surface area contributed by atoms with Crippen LogP contribution in [0.15, 0.2) is 12.1 Å². The second-order valence-electron chi connectivity index (χ2n) is 2.11. The summed E-state index contributed by atoms with van der Waals surface area (Å²) in [7, 11) is 0. The van der Waals surface area contributed by atoms with Crippen LogP contribution >= 0.6 is 22.9 Å². The van der Waals surface area contributed by atoms with Crippen LogP contribution in [0.2, 0.25) is 4.34 Å². The van der Waals surface area contributed by atoms with E-state index in [1.807, 2.05) is 6.07 Å². The van der Waals surface area contributed by atoms with Crippen molar-refractivity contribution in [1.82, 2.24) is 0 Å². The first-order valence-corrected chi connectivity index (χ1v) is 4.58. The maximum Gasteiger partial charge on any atom is 0.111 e. The SMILES string of the molecule is CC[NH2+]Cc1ccc(Cl)s1. The van der Waals surface area contributed by atoms with Gasteiger partial charge in [0.1, 0.15) is 6.54 Å². The van der Waals surface area contributed by atoms with Gasteiger partial charge in [-0.25, -0.2) is 0 Å². The molecule has 0 unspecified atom stereocenters. The predicted octanol–water partition coefficient (Wildman–Crippen LogP) is 1.48. The molecule has 3 heteroatoms. The molecule has 1 aromatic heterocycles. The van der Waals surface area contributed by atoms with Gasteiger partial charge in [0.15, 0.2) is 0 Å². The number of thiophene rings is 1. The van der Waals surface area contributed by atoms with Crippen molar-refractivity contribution in [1.29, 1.82) is 0 Å². The highest BCUT2D eigenvalue weighted by molar-refractivity contribution is 7.16. The number of nitrogens with two attached hydrogens (primary N) is 1. The molecule has 0 spiro atoms. The van der Waals surface area contributed by atoms with Crippen LogP contribution in [-0.2, 0) is 6.54 Å². The third kappa shape index (κ3) is 2.29. The minimum Gasteiger partial charge on any atom is -0.342 e. The summed E-state index contributed by atoms with van der Waals surface area (Å²) in [6.07, 6.45) is 0. The molecular formula is C7H11ClNS+. The van der Waals surface area contributed by atoms with E-state index in [9.17, 15) is 0 Å². The highest BCUT2D eigenvalue weighted by Gasteiger charge is 1.97. The molecule has 0 atom stereocenters. The van der Waals surface area contributed by atoms with Crippen molar-refractivity contribution in [2.75, 3.05) is 6.54 Å². The lowest BCUT2D eigenvalue weighted by molar-refractivity contribution is -0.667. The summed E-state index contributed by atoms with van der Waals surface area (Å²) in [6, 6.07) is 4.03. The fraction of sp³-hybridized carbons (Fsp3) is 0.429. The Balaban J connectivity index is 2.42. The van der Waals surface area contributed by atoms with E-state index < -0.39 is 0 Å².